The summed E-state index contributed by atoms with van der Waals surface area (Å²) < 4.78 is 35.5. The van der Waals surface area contributed by atoms with Crippen LogP contribution in [-0.2, 0) is 27.7 Å². The van der Waals surface area contributed by atoms with E-state index in [1.807, 2.05) is 81.4 Å². The molecule has 1 aliphatic heterocycles. The number of amides is 1. The topological polar surface area (TPSA) is 191 Å². The number of H-pyrrole nitrogens is 1. The summed E-state index contributed by atoms with van der Waals surface area (Å²) in [5, 5.41) is 23.2. The Kier molecular flexibility index (Phi) is 11.8. The van der Waals surface area contributed by atoms with E-state index in [1.165, 1.54) is 6.07 Å². The number of carbonyl (C=O) groups excluding carboxylic acids is 1. The van der Waals surface area contributed by atoms with Crippen LogP contribution < -0.4 is 25.7 Å². The Morgan fingerprint density at radius 1 is 0.943 bits per heavy atom. The van der Waals surface area contributed by atoms with Crippen LogP contribution in [0.3, 0.4) is 0 Å². The highest BCUT2D eigenvalue weighted by molar-refractivity contribution is 7.90. The zero-order valence-corrected chi connectivity index (χ0v) is 31.4. The number of aromatic amines is 1. The Morgan fingerprint density at radius 3 is 2.15 bits per heavy atom. The van der Waals surface area contributed by atoms with Crippen LogP contribution >= 0.6 is 0 Å². The van der Waals surface area contributed by atoms with Crippen LogP contribution in [0.1, 0.15) is 88.5 Å². The maximum absolute atomic E-state index is 13.5. The SMILES string of the molecule is Cc1c(C)c(S(=O)(=O)NC(=N)NCCC[C@H](NC(=O)c2ccc(CC(c3ccccc3)c3ccccc3)[nH]c2=O)C(=O)O)c(C)c2c1OC(C)(C)CC2. The van der Waals surface area contributed by atoms with E-state index >= 15 is 0 Å². The maximum Gasteiger partial charge on any atom is 0.326 e. The molecule has 1 atom stereocenters. The van der Waals surface area contributed by atoms with Gasteiger partial charge in [-0.25, -0.2) is 17.9 Å². The van der Waals surface area contributed by atoms with Crippen molar-refractivity contribution < 1.29 is 27.9 Å². The molecule has 4 aromatic rings. The molecule has 0 aliphatic carbocycles. The number of guanidine groups is 1. The lowest BCUT2D eigenvalue weighted by Crippen LogP contribution is -2.44. The highest BCUT2D eigenvalue weighted by Crippen LogP contribution is 2.42. The summed E-state index contributed by atoms with van der Waals surface area (Å²) in [6, 6.07) is 21.5. The number of pyridine rings is 1. The van der Waals surface area contributed by atoms with Gasteiger partial charge in [-0.2, -0.15) is 0 Å². The highest BCUT2D eigenvalue weighted by Gasteiger charge is 2.34. The zero-order chi connectivity index (χ0) is 38.5. The number of ether oxygens (including phenoxy) is 1. The molecule has 5 rings (SSSR count). The number of rotatable bonds is 13. The van der Waals surface area contributed by atoms with Crippen molar-refractivity contribution in [2.75, 3.05) is 6.54 Å². The summed E-state index contributed by atoms with van der Waals surface area (Å²) in [4.78, 5) is 41.0. The molecule has 0 fully saturated rings. The van der Waals surface area contributed by atoms with Crippen molar-refractivity contribution in [2.24, 2.45) is 0 Å². The first-order valence-electron chi connectivity index (χ1n) is 17.6. The minimum absolute atomic E-state index is 0.0431. The number of carboxylic acids is 1. The molecule has 53 heavy (non-hydrogen) atoms. The van der Waals surface area contributed by atoms with Gasteiger partial charge in [0.2, 0.25) is 5.96 Å². The van der Waals surface area contributed by atoms with Gasteiger partial charge in [-0.1, -0.05) is 60.7 Å². The van der Waals surface area contributed by atoms with Gasteiger partial charge in [-0.05, 0) is 112 Å². The first kappa shape index (κ1) is 38.8. The summed E-state index contributed by atoms with van der Waals surface area (Å²) in [5.74, 6) is -1.93. The van der Waals surface area contributed by atoms with Gasteiger partial charge in [0.25, 0.3) is 21.5 Å². The number of fused-ring (bicyclic) bond motifs is 1. The van der Waals surface area contributed by atoms with Crippen molar-refractivity contribution in [3.8, 4) is 5.75 Å². The fraction of sp³-hybridized carbons (Fsp3) is 0.350. The summed E-state index contributed by atoms with van der Waals surface area (Å²) in [6.07, 6.45) is 2.00. The van der Waals surface area contributed by atoms with Gasteiger partial charge in [-0.15, -0.1) is 0 Å². The molecule has 1 aromatic heterocycles. The highest BCUT2D eigenvalue weighted by atomic mass is 32.2. The summed E-state index contributed by atoms with van der Waals surface area (Å²) >= 11 is 0. The van der Waals surface area contributed by atoms with Crippen LogP contribution in [0.4, 0.5) is 0 Å². The predicted molar refractivity (Wildman–Crippen MR) is 203 cm³/mol. The molecule has 12 nitrogen and oxygen atoms in total. The van der Waals surface area contributed by atoms with Crippen LogP contribution in [-0.4, -0.2) is 54.5 Å². The molecule has 0 radical (unpaired) electrons. The summed E-state index contributed by atoms with van der Waals surface area (Å²) in [5.41, 5.74) is 4.24. The van der Waals surface area contributed by atoms with E-state index in [0.717, 1.165) is 28.7 Å². The lowest BCUT2D eigenvalue weighted by atomic mass is 9.87. The van der Waals surface area contributed by atoms with Gasteiger partial charge < -0.3 is 25.5 Å². The average Bonchev–Trinajstić information content (AvgIpc) is 3.10. The Labute approximate surface area is 310 Å². The summed E-state index contributed by atoms with van der Waals surface area (Å²) in [6.45, 7) is 9.34. The van der Waals surface area contributed by atoms with Crippen LogP contribution in [0.5, 0.6) is 5.75 Å². The fourth-order valence-electron chi connectivity index (χ4n) is 6.82. The second-order valence-corrected chi connectivity index (χ2v) is 15.7. The van der Waals surface area contributed by atoms with Crippen LogP contribution in [0.15, 0.2) is 82.5 Å². The molecular weight excluding hydrogens is 695 g/mol. The number of carbonyl (C=O) groups is 2. The van der Waals surface area contributed by atoms with E-state index in [4.69, 9.17) is 10.1 Å². The fourth-order valence-corrected chi connectivity index (χ4v) is 8.34. The second-order valence-electron chi connectivity index (χ2n) is 14.1. The van der Waals surface area contributed by atoms with Gasteiger partial charge in [0.05, 0.1) is 4.90 Å². The second kappa shape index (κ2) is 16.1. The molecule has 3 aromatic carbocycles. The number of aromatic nitrogens is 1. The monoisotopic (exact) mass is 741 g/mol. The number of sulfonamides is 1. The molecule has 0 unspecified atom stereocenters. The van der Waals surface area contributed by atoms with Crippen LogP contribution in [0, 0.1) is 26.2 Å². The van der Waals surface area contributed by atoms with Gasteiger partial charge >= 0.3 is 5.97 Å². The number of benzene rings is 3. The van der Waals surface area contributed by atoms with Gasteiger partial charge in [0.15, 0.2) is 0 Å². The Bertz CT molecular complexity index is 2130. The number of carboxylic acid groups (broad SMARTS) is 1. The zero-order valence-electron chi connectivity index (χ0n) is 30.6. The lowest BCUT2D eigenvalue weighted by molar-refractivity contribution is -0.139. The van der Waals surface area contributed by atoms with E-state index in [-0.39, 0.29) is 41.4 Å². The van der Waals surface area contributed by atoms with Gasteiger partial charge in [0, 0.05) is 18.2 Å². The standard InChI is InChI=1S/C40H47N5O7S/c1-24-25(2)35(26(3)30-20-21-40(4,5)52-34(24)30)53(50,51)45-39(41)42-22-12-17-33(38(48)49)44-37(47)31-19-18-29(43-36(31)46)23-32(27-13-8-6-9-14-27)28-15-10-7-11-16-28/h6-11,13-16,18-19,32-33H,12,17,20-23H2,1-5H3,(H,43,46)(H,44,47)(H,48,49)(H3,41,42,45)/t33-/m0/s1. The predicted octanol–water partition coefficient (Wildman–Crippen LogP) is 5.24. The first-order valence-corrected chi connectivity index (χ1v) is 19.1. The third-order valence-corrected chi connectivity index (χ3v) is 11.4. The average molecular weight is 742 g/mol. The van der Waals surface area contributed by atoms with Gasteiger partial charge in [0.1, 0.15) is 23.0 Å². The van der Waals surface area contributed by atoms with E-state index in [1.54, 1.807) is 19.9 Å². The van der Waals surface area contributed by atoms with Gasteiger partial charge in [-0.3, -0.25) is 15.0 Å². The quantitative estimate of drug-likeness (QED) is 0.0609. The molecule has 0 saturated heterocycles. The van der Waals surface area contributed by atoms with E-state index < -0.39 is 39.5 Å². The number of aliphatic carboxylic acids is 1. The Hall–Kier alpha value is -5.43. The molecule has 13 heteroatoms. The smallest absolute Gasteiger partial charge is 0.326 e. The van der Waals surface area contributed by atoms with Crippen molar-refractivity contribution in [3.63, 3.8) is 0 Å². The molecule has 0 spiro atoms. The third kappa shape index (κ3) is 9.15. The van der Waals surface area contributed by atoms with E-state index in [9.17, 15) is 27.9 Å². The Balaban J connectivity index is 1.17. The minimum atomic E-state index is -4.14. The maximum atomic E-state index is 13.5. The van der Waals surface area contributed by atoms with Crippen LogP contribution in [0.25, 0.3) is 0 Å². The van der Waals surface area contributed by atoms with Crippen molar-refractivity contribution >= 4 is 27.9 Å². The number of hydrogen-bond acceptors (Lipinski definition) is 7. The van der Waals surface area contributed by atoms with E-state index in [2.05, 4.69) is 20.3 Å². The first-order chi connectivity index (χ1) is 25.1. The van der Waals surface area contributed by atoms with Crippen molar-refractivity contribution in [3.05, 3.63) is 128 Å². The molecular formula is C40H47N5O7S. The number of nitrogens with one attached hydrogen (secondary N) is 5. The van der Waals surface area contributed by atoms with Crippen molar-refractivity contribution in [1.82, 2.24) is 20.3 Å². The van der Waals surface area contributed by atoms with Crippen molar-refractivity contribution in [1.29, 1.82) is 5.41 Å². The normalized spacial score (nSPS) is 14.1. The molecule has 1 aliphatic rings. The minimum Gasteiger partial charge on any atom is -0.487 e. The number of hydrogen-bond donors (Lipinski definition) is 6. The summed E-state index contributed by atoms with van der Waals surface area (Å²) in [7, 11) is -4.14. The lowest BCUT2D eigenvalue weighted by Gasteiger charge is -2.35. The largest absolute Gasteiger partial charge is 0.487 e. The molecule has 280 valence electrons. The van der Waals surface area contributed by atoms with Crippen molar-refractivity contribution in [2.45, 2.75) is 89.2 Å². The molecule has 6 N–H and O–H groups in total. The molecule has 0 saturated carbocycles. The molecule has 1 amide bonds. The third-order valence-electron chi connectivity index (χ3n) is 9.79. The van der Waals surface area contributed by atoms with Crippen LogP contribution in [0.2, 0.25) is 0 Å². The molecule has 2 heterocycles. The molecule has 0 bridgehead atoms. The van der Waals surface area contributed by atoms with E-state index in [0.29, 0.717) is 35.4 Å². The Morgan fingerprint density at radius 2 is 1.57 bits per heavy atom.